The van der Waals surface area contributed by atoms with Crippen molar-refractivity contribution in [1.82, 2.24) is 4.98 Å². The molecule has 1 aromatic heterocycles. The van der Waals surface area contributed by atoms with Crippen LogP contribution >= 0.6 is 0 Å². The minimum Gasteiger partial charge on any atom is -0.426 e. The van der Waals surface area contributed by atoms with Crippen molar-refractivity contribution < 1.29 is 19.2 Å². The SMILES string of the molecule is CC(OC(=O)Oc1ccc([N+](=O)[O-])cc1)c1cccnc1. The zero-order valence-electron chi connectivity index (χ0n) is 11.1. The van der Waals surface area contributed by atoms with Crippen LogP contribution in [0.5, 0.6) is 5.75 Å². The van der Waals surface area contributed by atoms with Gasteiger partial charge in [-0.2, -0.15) is 0 Å². The fraction of sp³-hybridized carbons (Fsp3) is 0.143. The van der Waals surface area contributed by atoms with Crippen molar-refractivity contribution in [2.75, 3.05) is 0 Å². The van der Waals surface area contributed by atoms with Gasteiger partial charge < -0.3 is 9.47 Å². The Balaban J connectivity index is 1.94. The molecular weight excluding hydrogens is 276 g/mol. The Morgan fingerprint density at radius 3 is 2.57 bits per heavy atom. The molecule has 0 aliphatic heterocycles. The molecule has 1 aromatic carbocycles. The fourth-order valence-corrected chi connectivity index (χ4v) is 1.58. The molecule has 0 aliphatic rings. The number of nitro benzene ring substituents is 1. The van der Waals surface area contributed by atoms with Crippen LogP contribution in [0.25, 0.3) is 0 Å². The molecule has 0 radical (unpaired) electrons. The van der Waals surface area contributed by atoms with E-state index >= 15 is 0 Å². The van der Waals surface area contributed by atoms with Crippen LogP contribution in [0.4, 0.5) is 10.5 Å². The zero-order chi connectivity index (χ0) is 15.2. The first-order valence-electron chi connectivity index (χ1n) is 6.09. The number of carbonyl (C=O) groups excluding carboxylic acids is 1. The van der Waals surface area contributed by atoms with Crippen molar-refractivity contribution in [2.45, 2.75) is 13.0 Å². The monoisotopic (exact) mass is 288 g/mol. The van der Waals surface area contributed by atoms with Gasteiger partial charge >= 0.3 is 6.16 Å². The van der Waals surface area contributed by atoms with Crippen LogP contribution in [0.1, 0.15) is 18.6 Å². The minimum atomic E-state index is -0.889. The summed E-state index contributed by atoms with van der Waals surface area (Å²) in [5, 5.41) is 10.5. The van der Waals surface area contributed by atoms with Gasteiger partial charge in [-0.25, -0.2) is 4.79 Å². The molecule has 1 atom stereocenters. The number of hydrogen-bond donors (Lipinski definition) is 0. The van der Waals surface area contributed by atoms with Crippen molar-refractivity contribution in [3.05, 3.63) is 64.5 Å². The van der Waals surface area contributed by atoms with Crippen LogP contribution in [-0.2, 0) is 4.74 Å². The molecule has 0 spiro atoms. The fourth-order valence-electron chi connectivity index (χ4n) is 1.58. The van der Waals surface area contributed by atoms with Gasteiger partial charge in [0.05, 0.1) is 4.92 Å². The van der Waals surface area contributed by atoms with Crippen LogP contribution in [0.2, 0.25) is 0 Å². The standard InChI is InChI=1S/C14H12N2O5/c1-10(11-3-2-8-15-9-11)20-14(17)21-13-6-4-12(5-7-13)16(18)19/h2-10H,1H3. The molecule has 108 valence electrons. The smallest absolute Gasteiger partial charge is 0.426 e. The second-order valence-electron chi connectivity index (χ2n) is 4.15. The lowest BCUT2D eigenvalue weighted by atomic mass is 10.2. The lowest BCUT2D eigenvalue weighted by Gasteiger charge is -2.12. The van der Waals surface area contributed by atoms with Crippen LogP contribution in [-0.4, -0.2) is 16.1 Å². The largest absolute Gasteiger partial charge is 0.514 e. The highest BCUT2D eigenvalue weighted by atomic mass is 16.7. The van der Waals surface area contributed by atoms with Gasteiger partial charge in [0.25, 0.3) is 5.69 Å². The summed E-state index contributed by atoms with van der Waals surface area (Å²) in [4.78, 5) is 25.5. The highest BCUT2D eigenvalue weighted by molar-refractivity contribution is 5.64. The number of non-ortho nitro benzene ring substituents is 1. The summed E-state index contributed by atoms with van der Waals surface area (Å²) >= 11 is 0. The predicted octanol–water partition coefficient (Wildman–Crippen LogP) is 3.27. The Hall–Kier alpha value is -2.96. The zero-order valence-corrected chi connectivity index (χ0v) is 11.1. The van der Waals surface area contributed by atoms with E-state index in [0.29, 0.717) is 0 Å². The molecule has 0 saturated carbocycles. The predicted molar refractivity (Wildman–Crippen MR) is 72.9 cm³/mol. The van der Waals surface area contributed by atoms with Crippen molar-refractivity contribution in [1.29, 1.82) is 0 Å². The molecule has 0 fully saturated rings. The average molecular weight is 288 g/mol. The van der Waals surface area contributed by atoms with E-state index in [1.807, 2.05) is 0 Å². The summed E-state index contributed by atoms with van der Waals surface area (Å²) < 4.78 is 10.0. The number of carbonyl (C=O) groups is 1. The van der Waals surface area contributed by atoms with E-state index in [9.17, 15) is 14.9 Å². The van der Waals surface area contributed by atoms with Gasteiger partial charge in [0.2, 0.25) is 0 Å². The number of rotatable bonds is 4. The van der Waals surface area contributed by atoms with Gasteiger partial charge in [0.1, 0.15) is 11.9 Å². The maximum absolute atomic E-state index is 11.6. The summed E-state index contributed by atoms with van der Waals surface area (Å²) in [5.41, 5.74) is 0.651. The Kier molecular flexibility index (Phi) is 4.45. The highest BCUT2D eigenvalue weighted by Crippen LogP contribution is 2.20. The first kappa shape index (κ1) is 14.4. The second-order valence-corrected chi connectivity index (χ2v) is 4.15. The second kappa shape index (κ2) is 6.47. The molecule has 2 aromatic rings. The van der Waals surface area contributed by atoms with Crippen molar-refractivity contribution >= 4 is 11.8 Å². The molecule has 1 unspecified atom stereocenters. The third-order valence-electron chi connectivity index (χ3n) is 2.68. The molecule has 7 nitrogen and oxygen atoms in total. The summed E-state index contributed by atoms with van der Waals surface area (Å²) in [6.45, 7) is 1.69. The van der Waals surface area contributed by atoms with Crippen molar-refractivity contribution in [3.8, 4) is 5.75 Å². The molecule has 0 amide bonds. The molecule has 1 heterocycles. The molecule has 0 aliphatic carbocycles. The molecule has 2 rings (SSSR count). The van der Waals surface area contributed by atoms with Crippen LogP contribution < -0.4 is 4.74 Å². The Bertz CT molecular complexity index is 628. The summed E-state index contributed by atoms with van der Waals surface area (Å²) in [6, 6.07) is 8.65. The number of nitro groups is 1. The van der Waals surface area contributed by atoms with E-state index < -0.39 is 17.2 Å². The third-order valence-corrected chi connectivity index (χ3v) is 2.68. The van der Waals surface area contributed by atoms with Gasteiger partial charge in [-0.1, -0.05) is 6.07 Å². The molecule has 7 heteroatoms. The number of aromatic nitrogens is 1. The number of ether oxygens (including phenoxy) is 2. The van der Waals surface area contributed by atoms with Gasteiger partial charge in [0.15, 0.2) is 0 Å². The summed E-state index contributed by atoms with van der Waals surface area (Å²) in [7, 11) is 0. The van der Waals surface area contributed by atoms with Crippen LogP contribution in [0.3, 0.4) is 0 Å². The average Bonchev–Trinajstić information content (AvgIpc) is 2.48. The van der Waals surface area contributed by atoms with Crippen molar-refractivity contribution in [3.63, 3.8) is 0 Å². The maximum Gasteiger partial charge on any atom is 0.514 e. The lowest BCUT2D eigenvalue weighted by molar-refractivity contribution is -0.384. The molecular formula is C14H12N2O5. The molecule has 0 bridgehead atoms. The summed E-state index contributed by atoms with van der Waals surface area (Å²) in [5.74, 6) is 0.170. The van der Waals surface area contributed by atoms with Crippen LogP contribution in [0, 0.1) is 10.1 Å². The van der Waals surface area contributed by atoms with Crippen LogP contribution in [0.15, 0.2) is 48.8 Å². The highest BCUT2D eigenvalue weighted by Gasteiger charge is 2.14. The van der Waals surface area contributed by atoms with Gasteiger partial charge in [-0.3, -0.25) is 15.1 Å². The lowest BCUT2D eigenvalue weighted by Crippen LogP contribution is -2.13. The third kappa shape index (κ3) is 4.00. The van der Waals surface area contributed by atoms with E-state index in [0.717, 1.165) is 5.56 Å². The topological polar surface area (TPSA) is 91.6 Å². The van der Waals surface area contributed by atoms with E-state index in [1.165, 1.54) is 24.3 Å². The Morgan fingerprint density at radius 2 is 2.00 bits per heavy atom. The summed E-state index contributed by atoms with van der Waals surface area (Å²) in [6.07, 6.45) is 1.80. The quantitative estimate of drug-likeness (QED) is 0.371. The van der Waals surface area contributed by atoms with Gasteiger partial charge in [-0.05, 0) is 25.1 Å². The number of benzene rings is 1. The first-order valence-corrected chi connectivity index (χ1v) is 6.09. The van der Waals surface area contributed by atoms with E-state index in [1.54, 1.807) is 31.5 Å². The van der Waals surface area contributed by atoms with Crippen molar-refractivity contribution in [2.24, 2.45) is 0 Å². The Labute approximate surface area is 120 Å². The van der Waals surface area contributed by atoms with Gasteiger partial charge in [0, 0.05) is 30.1 Å². The van der Waals surface area contributed by atoms with E-state index in [4.69, 9.17) is 9.47 Å². The normalized spacial score (nSPS) is 11.5. The molecule has 0 N–H and O–H groups in total. The van der Waals surface area contributed by atoms with Gasteiger partial charge in [-0.15, -0.1) is 0 Å². The number of pyridine rings is 1. The first-order chi connectivity index (χ1) is 10.1. The molecule has 0 saturated heterocycles. The maximum atomic E-state index is 11.6. The Morgan fingerprint density at radius 1 is 1.29 bits per heavy atom. The number of hydrogen-bond acceptors (Lipinski definition) is 6. The molecule has 21 heavy (non-hydrogen) atoms. The number of nitrogens with zero attached hydrogens (tertiary/aromatic N) is 2. The van der Waals surface area contributed by atoms with E-state index in [2.05, 4.69) is 4.98 Å². The minimum absolute atomic E-state index is 0.0838. The van der Waals surface area contributed by atoms with E-state index in [-0.39, 0.29) is 11.4 Å².